The van der Waals surface area contributed by atoms with E-state index >= 15 is 0 Å². The predicted octanol–water partition coefficient (Wildman–Crippen LogP) is 2.40. The summed E-state index contributed by atoms with van der Waals surface area (Å²) in [5.74, 6) is 1.02. The zero-order valence-electron chi connectivity index (χ0n) is 14.1. The molecule has 7 nitrogen and oxygen atoms in total. The third-order valence-electron chi connectivity index (χ3n) is 5.53. The van der Waals surface area contributed by atoms with Crippen molar-refractivity contribution in [2.75, 3.05) is 29.5 Å². The second-order valence-electron chi connectivity index (χ2n) is 7.74. The van der Waals surface area contributed by atoms with Crippen molar-refractivity contribution < 1.29 is 14.3 Å². The molecule has 128 valence electrons. The zero-order chi connectivity index (χ0) is 16.9. The van der Waals surface area contributed by atoms with Crippen molar-refractivity contribution in [3.8, 4) is 0 Å². The number of piperidine rings is 1. The van der Waals surface area contributed by atoms with Gasteiger partial charge < -0.3 is 9.64 Å². The van der Waals surface area contributed by atoms with Crippen molar-refractivity contribution >= 4 is 24.0 Å². The van der Waals surface area contributed by atoms with Crippen LogP contribution < -0.4 is 9.80 Å². The fourth-order valence-electron chi connectivity index (χ4n) is 3.69. The van der Waals surface area contributed by atoms with Crippen LogP contribution in [0, 0.1) is 5.41 Å². The fourth-order valence-corrected chi connectivity index (χ4v) is 3.69. The molecule has 3 heterocycles. The largest absolute Gasteiger partial charge is 0.447 e. The average Bonchev–Trinajstić information content (AvgIpc) is 3.26. The van der Waals surface area contributed by atoms with Crippen LogP contribution in [-0.4, -0.2) is 47.6 Å². The molecule has 3 fully saturated rings. The van der Waals surface area contributed by atoms with Gasteiger partial charge in [0.05, 0.1) is 11.7 Å². The second-order valence-corrected chi connectivity index (χ2v) is 7.74. The van der Waals surface area contributed by atoms with Gasteiger partial charge in [-0.15, -0.1) is 0 Å². The highest BCUT2D eigenvalue weighted by atomic mass is 16.6. The molecule has 3 aliphatic rings. The van der Waals surface area contributed by atoms with E-state index in [0.29, 0.717) is 29.4 Å². The summed E-state index contributed by atoms with van der Waals surface area (Å²) in [6.45, 7) is 5.92. The molecule has 0 radical (unpaired) electrons. The van der Waals surface area contributed by atoms with E-state index in [1.165, 1.54) is 23.9 Å². The molecule has 2 aliphatic heterocycles. The summed E-state index contributed by atoms with van der Waals surface area (Å²) in [5.41, 5.74) is 0.394. The van der Waals surface area contributed by atoms with Gasteiger partial charge in [0.2, 0.25) is 0 Å². The summed E-state index contributed by atoms with van der Waals surface area (Å²) in [7, 11) is 0. The molecule has 0 N–H and O–H groups in total. The first-order valence-corrected chi connectivity index (χ1v) is 8.48. The Morgan fingerprint density at radius 1 is 1.21 bits per heavy atom. The summed E-state index contributed by atoms with van der Waals surface area (Å²) >= 11 is 0. The number of carbonyl (C=O) groups excluding carboxylic acids is 2. The lowest BCUT2D eigenvalue weighted by Crippen LogP contribution is -2.43. The van der Waals surface area contributed by atoms with E-state index < -0.39 is 11.6 Å². The highest BCUT2D eigenvalue weighted by molar-refractivity contribution is 5.91. The molecule has 0 atom stereocenters. The number of ether oxygens (including phenoxy) is 1. The number of nitrogens with zero attached hydrogens (tertiary/aromatic N) is 4. The molecule has 4 rings (SSSR count). The topological polar surface area (TPSA) is 75.6 Å². The van der Waals surface area contributed by atoms with Crippen LogP contribution in [0.5, 0.6) is 0 Å². The van der Waals surface area contributed by atoms with Crippen molar-refractivity contribution in [3.05, 3.63) is 11.9 Å². The Labute approximate surface area is 141 Å². The van der Waals surface area contributed by atoms with Gasteiger partial charge in [-0.05, 0) is 44.9 Å². The molecule has 2 saturated heterocycles. The van der Waals surface area contributed by atoms with Crippen molar-refractivity contribution in [2.24, 2.45) is 5.41 Å². The summed E-state index contributed by atoms with van der Waals surface area (Å²) in [5, 5.41) is 0. The Bertz CT molecular complexity index is 689. The maximum atomic E-state index is 12.1. The van der Waals surface area contributed by atoms with Crippen LogP contribution in [0.25, 0.3) is 0 Å². The van der Waals surface area contributed by atoms with E-state index in [9.17, 15) is 9.59 Å². The monoisotopic (exact) mass is 330 g/mol. The molecular formula is C17H22N4O3. The van der Waals surface area contributed by atoms with Crippen LogP contribution in [0.1, 0.15) is 50.0 Å². The number of aromatic nitrogens is 2. The van der Waals surface area contributed by atoms with Gasteiger partial charge in [0.25, 0.3) is 0 Å². The maximum Gasteiger partial charge on any atom is 0.416 e. The molecule has 1 aromatic rings. The lowest BCUT2D eigenvalue weighted by molar-refractivity contribution is 0.111. The highest BCUT2D eigenvalue weighted by Crippen LogP contribution is 2.53. The van der Waals surface area contributed by atoms with Crippen LogP contribution in [0.2, 0.25) is 0 Å². The Morgan fingerprint density at radius 2 is 1.92 bits per heavy atom. The number of hydrogen-bond donors (Lipinski definition) is 0. The van der Waals surface area contributed by atoms with E-state index in [-0.39, 0.29) is 0 Å². The highest BCUT2D eigenvalue weighted by Gasteiger charge is 2.45. The SMILES string of the molecule is CC1(C)COC(=O)N1c1cnc(C=O)c(N2CCC3(CC2)CC3)n1. The van der Waals surface area contributed by atoms with Gasteiger partial charge in [-0.2, -0.15) is 0 Å². The lowest BCUT2D eigenvalue weighted by atomic mass is 9.94. The summed E-state index contributed by atoms with van der Waals surface area (Å²) in [4.78, 5) is 36.0. The zero-order valence-corrected chi connectivity index (χ0v) is 14.1. The van der Waals surface area contributed by atoms with E-state index in [0.717, 1.165) is 32.2 Å². The Kier molecular flexibility index (Phi) is 3.30. The number of hydrogen-bond acceptors (Lipinski definition) is 6. The number of amides is 1. The summed E-state index contributed by atoms with van der Waals surface area (Å²) in [6, 6.07) is 0. The Balaban J connectivity index is 1.66. The third-order valence-corrected chi connectivity index (χ3v) is 5.53. The Hall–Kier alpha value is -2.18. The number of rotatable bonds is 3. The first kappa shape index (κ1) is 15.4. The standard InChI is InChI=1S/C17H22N4O3/c1-16(2)11-24-15(23)21(16)13-9-18-12(10-22)14(19-13)20-7-5-17(3-4-17)6-8-20/h9-10H,3-8,11H2,1-2H3. The molecule has 1 aromatic heterocycles. The van der Waals surface area contributed by atoms with Gasteiger partial charge in [0.1, 0.15) is 12.3 Å². The Morgan fingerprint density at radius 3 is 2.46 bits per heavy atom. The van der Waals surface area contributed by atoms with Crippen molar-refractivity contribution in [3.63, 3.8) is 0 Å². The van der Waals surface area contributed by atoms with Gasteiger partial charge in [-0.25, -0.2) is 14.8 Å². The molecule has 7 heteroatoms. The minimum atomic E-state index is -0.480. The number of aldehydes is 1. The molecule has 1 spiro atoms. The first-order chi connectivity index (χ1) is 11.4. The van der Waals surface area contributed by atoms with Crippen LogP contribution in [0.4, 0.5) is 16.4 Å². The van der Waals surface area contributed by atoms with Crippen molar-refractivity contribution in [1.82, 2.24) is 9.97 Å². The lowest BCUT2D eigenvalue weighted by Gasteiger charge is -2.34. The smallest absolute Gasteiger partial charge is 0.416 e. The van der Waals surface area contributed by atoms with Gasteiger partial charge in [-0.3, -0.25) is 9.69 Å². The van der Waals surface area contributed by atoms with Crippen LogP contribution in [-0.2, 0) is 4.74 Å². The molecule has 1 aliphatic carbocycles. The summed E-state index contributed by atoms with van der Waals surface area (Å²) in [6.07, 6.45) is 6.70. The number of anilines is 2. The van der Waals surface area contributed by atoms with Crippen molar-refractivity contribution in [2.45, 2.75) is 45.1 Å². The van der Waals surface area contributed by atoms with E-state index in [1.54, 1.807) is 0 Å². The van der Waals surface area contributed by atoms with Crippen LogP contribution in [0.3, 0.4) is 0 Å². The maximum absolute atomic E-state index is 12.1. The van der Waals surface area contributed by atoms with Gasteiger partial charge in [0.15, 0.2) is 17.9 Å². The number of cyclic esters (lactones) is 1. The fraction of sp³-hybridized carbons (Fsp3) is 0.647. The number of carbonyl (C=O) groups is 2. The molecule has 1 amide bonds. The molecule has 0 aromatic carbocycles. The normalized spacial score (nSPS) is 24.2. The van der Waals surface area contributed by atoms with E-state index in [4.69, 9.17) is 4.74 Å². The third kappa shape index (κ3) is 2.42. The molecule has 0 bridgehead atoms. The minimum absolute atomic E-state index is 0.310. The average molecular weight is 330 g/mol. The van der Waals surface area contributed by atoms with E-state index in [2.05, 4.69) is 14.9 Å². The van der Waals surface area contributed by atoms with E-state index in [1.807, 2.05) is 13.8 Å². The second kappa shape index (κ2) is 5.16. The molecule has 1 saturated carbocycles. The minimum Gasteiger partial charge on any atom is -0.447 e. The van der Waals surface area contributed by atoms with Gasteiger partial charge in [-0.1, -0.05) is 0 Å². The summed E-state index contributed by atoms with van der Waals surface area (Å²) < 4.78 is 5.15. The van der Waals surface area contributed by atoms with Crippen LogP contribution in [0.15, 0.2) is 6.20 Å². The molecule has 24 heavy (non-hydrogen) atoms. The predicted molar refractivity (Wildman–Crippen MR) is 88.4 cm³/mol. The molecule has 0 unspecified atom stereocenters. The molecular weight excluding hydrogens is 308 g/mol. The quantitative estimate of drug-likeness (QED) is 0.792. The van der Waals surface area contributed by atoms with Gasteiger partial charge >= 0.3 is 6.09 Å². The van der Waals surface area contributed by atoms with Crippen LogP contribution >= 0.6 is 0 Å². The van der Waals surface area contributed by atoms with Crippen molar-refractivity contribution in [1.29, 1.82) is 0 Å². The van der Waals surface area contributed by atoms with Gasteiger partial charge in [0, 0.05) is 13.1 Å². The first-order valence-electron chi connectivity index (χ1n) is 8.48.